The molecule has 0 bridgehead atoms. The van der Waals surface area contributed by atoms with Crippen LogP contribution in [0.15, 0.2) is 18.2 Å². The van der Waals surface area contributed by atoms with E-state index in [1.165, 1.54) is 0 Å². The van der Waals surface area contributed by atoms with E-state index in [0.717, 1.165) is 37.3 Å². The predicted molar refractivity (Wildman–Crippen MR) is 77.2 cm³/mol. The summed E-state index contributed by atoms with van der Waals surface area (Å²) in [6, 6.07) is 5.33. The quantitative estimate of drug-likeness (QED) is 0.823. The SMILES string of the molecule is COc1ccc(NC(=O)C2CCC(C)CC2)cc1N. The number of amides is 1. The van der Waals surface area contributed by atoms with Gasteiger partial charge in [0.25, 0.3) is 0 Å². The lowest BCUT2D eigenvalue weighted by atomic mass is 9.82. The smallest absolute Gasteiger partial charge is 0.227 e. The number of ether oxygens (including phenoxy) is 1. The van der Waals surface area contributed by atoms with Gasteiger partial charge >= 0.3 is 0 Å². The highest BCUT2D eigenvalue weighted by Crippen LogP contribution is 2.30. The van der Waals surface area contributed by atoms with Crippen LogP contribution in [0.25, 0.3) is 0 Å². The van der Waals surface area contributed by atoms with Crippen molar-refractivity contribution in [3.05, 3.63) is 18.2 Å². The second-order valence-corrected chi connectivity index (χ2v) is 5.40. The Hall–Kier alpha value is -1.71. The second-order valence-electron chi connectivity index (χ2n) is 5.40. The van der Waals surface area contributed by atoms with Crippen LogP contribution in [0.4, 0.5) is 11.4 Å². The fourth-order valence-electron chi connectivity index (χ4n) is 2.58. The van der Waals surface area contributed by atoms with Crippen molar-refractivity contribution in [1.29, 1.82) is 0 Å². The molecule has 2 rings (SSSR count). The number of hydrogen-bond donors (Lipinski definition) is 2. The molecule has 0 aliphatic heterocycles. The fourth-order valence-corrected chi connectivity index (χ4v) is 2.58. The largest absolute Gasteiger partial charge is 0.495 e. The molecule has 1 saturated carbocycles. The molecule has 1 fully saturated rings. The first-order chi connectivity index (χ1) is 9.10. The van der Waals surface area contributed by atoms with E-state index in [1.54, 1.807) is 19.2 Å². The highest BCUT2D eigenvalue weighted by molar-refractivity contribution is 5.93. The van der Waals surface area contributed by atoms with Crippen molar-refractivity contribution in [2.45, 2.75) is 32.6 Å². The molecule has 0 saturated heterocycles. The topological polar surface area (TPSA) is 64.3 Å². The average Bonchev–Trinajstić information content (AvgIpc) is 2.39. The molecule has 3 N–H and O–H groups in total. The third-order valence-electron chi connectivity index (χ3n) is 3.88. The number of nitrogens with two attached hydrogens (primary N) is 1. The van der Waals surface area contributed by atoms with Gasteiger partial charge in [-0.3, -0.25) is 4.79 Å². The summed E-state index contributed by atoms with van der Waals surface area (Å²) in [6.45, 7) is 2.25. The number of nitrogens with one attached hydrogen (secondary N) is 1. The second kappa shape index (κ2) is 5.95. The number of benzene rings is 1. The average molecular weight is 262 g/mol. The van der Waals surface area contributed by atoms with Gasteiger partial charge in [-0.25, -0.2) is 0 Å². The normalized spacial score (nSPS) is 22.8. The van der Waals surface area contributed by atoms with E-state index in [1.807, 2.05) is 6.07 Å². The number of nitrogen functional groups attached to an aromatic ring is 1. The number of carbonyl (C=O) groups is 1. The summed E-state index contributed by atoms with van der Waals surface area (Å²) in [5, 5.41) is 2.94. The van der Waals surface area contributed by atoms with E-state index in [0.29, 0.717) is 11.4 Å². The molecule has 4 heteroatoms. The number of hydrogen-bond acceptors (Lipinski definition) is 3. The van der Waals surface area contributed by atoms with Crippen LogP contribution in [0.2, 0.25) is 0 Å². The maximum absolute atomic E-state index is 12.2. The molecule has 1 aromatic rings. The molecule has 0 radical (unpaired) electrons. The summed E-state index contributed by atoms with van der Waals surface area (Å²) in [5.74, 6) is 1.63. The molecule has 4 nitrogen and oxygen atoms in total. The van der Waals surface area contributed by atoms with Crippen LogP contribution in [-0.4, -0.2) is 13.0 Å². The molecule has 1 aromatic carbocycles. The molecule has 19 heavy (non-hydrogen) atoms. The molecule has 0 heterocycles. The van der Waals surface area contributed by atoms with Crippen LogP contribution in [0.1, 0.15) is 32.6 Å². The van der Waals surface area contributed by atoms with Gasteiger partial charge in [0.1, 0.15) is 5.75 Å². The van der Waals surface area contributed by atoms with Gasteiger partial charge in [-0.15, -0.1) is 0 Å². The molecule has 0 atom stereocenters. The molecule has 1 aliphatic rings. The lowest BCUT2D eigenvalue weighted by molar-refractivity contribution is -0.121. The van der Waals surface area contributed by atoms with Gasteiger partial charge in [0.15, 0.2) is 0 Å². The number of rotatable bonds is 3. The maximum atomic E-state index is 12.2. The lowest BCUT2D eigenvalue weighted by Crippen LogP contribution is -2.26. The molecule has 0 unspecified atom stereocenters. The minimum absolute atomic E-state index is 0.108. The van der Waals surface area contributed by atoms with E-state index in [9.17, 15) is 4.79 Å². The number of methoxy groups -OCH3 is 1. The highest BCUT2D eigenvalue weighted by atomic mass is 16.5. The van der Waals surface area contributed by atoms with Gasteiger partial charge in [-0.05, 0) is 49.8 Å². The van der Waals surface area contributed by atoms with Crippen molar-refractivity contribution in [1.82, 2.24) is 0 Å². The van der Waals surface area contributed by atoms with Crippen molar-refractivity contribution in [3.8, 4) is 5.75 Å². The van der Waals surface area contributed by atoms with Crippen LogP contribution >= 0.6 is 0 Å². The molecule has 104 valence electrons. The Balaban J connectivity index is 1.97. The van der Waals surface area contributed by atoms with Crippen molar-refractivity contribution >= 4 is 17.3 Å². The van der Waals surface area contributed by atoms with Gasteiger partial charge in [0, 0.05) is 11.6 Å². The first-order valence-corrected chi connectivity index (χ1v) is 6.84. The summed E-state index contributed by atoms with van der Waals surface area (Å²) in [4.78, 5) is 12.2. The first kappa shape index (κ1) is 13.7. The molecule has 0 spiro atoms. The van der Waals surface area contributed by atoms with E-state index in [2.05, 4.69) is 12.2 Å². The van der Waals surface area contributed by atoms with Gasteiger partial charge < -0.3 is 15.8 Å². The minimum Gasteiger partial charge on any atom is -0.495 e. The molecule has 0 aromatic heterocycles. The first-order valence-electron chi connectivity index (χ1n) is 6.84. The Morgan fingerprint density at radius 2 is 2.00 bits per heavy atom. The van der Waals surface area contributed by atoms with Crippen LogP contribution in [0, 0.1) is 11.8 Å². The molecular formula is C15H22N2O2. The van der Waals surface area contributed by atoms with Crippen LogP contribution in [-0.2, 0) is 4.79 Å². The highest BCUT2D eigenvalue weighted by Gasteiger charge is 2.24. The Kier molecular flexibility index (Phi) is 4.30. The van der Waals surface area contributed by atoms with Gasteiger partial charge in [-0.1, -0.05) is 6.92 Å². The van der Waals surface area contributed by atoms with Crippen molar-refractivity contribution < 1.29 is 9.53 Å². The van der Waals surface area contributed by atoms with Crippen LogP contribution in [0.5, 0.6) is 5.75 Å². The monoisotopic (exact) mass is 262 g/mol. The van der Waals surface area contributed by atoms with E-state index < -0.39 is 0 Å². The molecule has 1 amide bonds. The number of carbonyl (C=O) groups excluding carboxylic acids is 1. The van der Waals surface area contributed by atoms with Gasteiger partial charge in [0.2, 0.25) is 5.91 Å². The Bertz CT molecular complexity index is 451. The summed E-state index contributed by atoms with van der Waals surface area (Å²) >= 11 is 0. The standard InChI is InChI=1S/C15H22N2O2/c1-10-3-5-11(6-4-10)15(18)17-12-7-8-14(19-2)13(16)9-12/h7-11H,3-6,16H2,1-2H3,(H,17,18). The van der Waals surface area contributed by atoms with Gasteiger partial charge in [0.05, 0.1) is 12.8 Å². The Labute approximate surface area is 114 Å². The lowest BCUT2D eigenvalue weighted by Gasteiger charge is -2.25. The summed E-state index contributed by atoms with van der Waals surface area (Å²) < 4.78 is 5.10. The third-order valence-corrected chi connectivity index (χ3v) is 3.88. The zero-order chi connectivity index (χ0) is 13.8. The third kappa shape index (κ3) is 3.40. The van der Waals surface area contributed by atoms with E-state index in [-0.39, 0.29) is 11.8 Å². The minimum atomic E-state index is 0.108. The van der Waals surface area contributed by atoms with E-state index >= 15 is 0 Å². The Morgan fingerprint density at radius 1 is 1.32 bits per heavy atom. The summed E-state index contributed by atoms with van der Waals surface area (Å²) in [7, 11) is 1.58. The predicted octanol–water partition coefficient (Wildman–Crippen LogP) is 3.04. The van der Waals surface area contributed by atoms with Crippen LogP contribution in [0.3, 0.4) is 0 Å². The molecule has 1 aliphatic carbocycles. The Morgan fingerprint density at radius 3 is 2.58 bits per heavy atom. The van der Waals surface area contributed by atoms with Crippen LogP contribution < -0.4 is 15.8 Å². The van der Waals surface area contributed by atoms with Crippen molar-refractivity contribution in [2.75, 3.05) is 18.2 Å². The zero-order valence-electron chi connectivity index (χ0n) is 11.6. The molecular weight excluding hydrogens is 240 g/mol. The fraction of sp³-hybridized carbons (Fsp3) is 0.533. The summed E-state index contributed by atoms with van der Waals surface area (Å²) in [5.41, 5.74) is 7.11. The zero-order valence-corrected chi connectivity index (χ0v) is 11.6. The van der Waals surface area contributed by atoms with Crippen molar-refractivity contribution in [2.24, 2.45) is 11.8 Å². The number of anilines is 2. The van der Waals surface area contributed by atoms with Gasteiger partial charge in [-0.2, -0.15) is 0 Å². The van der Waals surface area contributed by atoms with E-state index in [4.69, 9.17) is 10.5 Å². The summed E-state index contributed by atoms with van der Waals surface area (Å²) in [6.07, 6.45) is 4.25. The maximum Gasteiger partial charge on any atom is 0.227 e. The van der Waals surface area contributed by atoms with Crippen molar-refractivity contribution in [3.63, 3.8) is 0 Å².